The molecule has 1 aromatic rings. The number of nitrogens with one attached hydrogen (secondary N) is 1. The van der Waals surface area contributed by atoms with Gasteiger partial charge in [0.15, 0.2) is 0 Å². The highest BCUT2D eigenvalue weighted by Gasteiger charge is 2.54. The molecule has 8 heteroatoms. The SMILES string of the molecule is CC(CC(=O)N1CCC2(CC1)C(=O)N(CC(=O)NCC1CCCO1)CN2c1ccccc1)CC(C)(C)C. The average molecular weight is 513 g/mol. The van der Waals surface area contributed by atoms with E-state index in [9.17, 15) is 14.4 Å². The van der Waals surface area contributed by atoms with E-state index in [4.69, 9.17) is 4.74 Å². The maximum Gasteiger partial charge on any atom is 0.250 e. The Morgan fingerprint density at radius 2 is 1.86 bits per heavy atom. The molecule has 3 aliphatic rings. The first-order valence-corrected chi connectivity index (χ1v) is 13.9. The zero-order valence-corrected chi connectivity index (χ0v) is 23.0. The van der Waals surface area contributed by atoms with Crippen molar-refractivity contribution >= 4 is 23.4 Å². The molecule has 0 bridgehead atoms. The van der Waals surface area contributed by atoms with Crippen molar-refractivity contribution in [3.05, 3.63) is 30.3 Å². The molecule has 3 fully saturated rings. The molecule has 3 heterocycles. The van der Waals surface area contributed by atoms with E-state index in [-0.39, 0.29) is 35.8 Å². The number of hydrogen-bond donors (Lipinski definition) is 1. The molecule has 0 aromatic heterocycles. The molecule has 3 amide bonds. The number of piperidine rings is 1. The van der Waals surface area contributed by atoms with Gasteiger partial charge < -0.3 is 24.8 Å². The quantitative estimate of drug-likeness (QED) is 0.577. The number of hydrogen-bond acceptors (Lipinski definition) is 5. The van der Waals surface area contributed by atoms with E-state index in [1.807, 2.05) is 35.2 Å². The second kappa shape index (κ2) is 11.4. The highest BCUT2D eigenvalue weighted by molar-refractivity contribution is 5.96. The summed E-state index contributed by atoms with van der Waals surface area (Å²) in [6, 6.07) is 9.94. The van der Waals surface area contributed by atoms with E-state index in [1.54, 1.807) is 4.90 Å². The van der Waals surface area contributed by atoms with Crippen LogP contribution >= 0.6 is 0 Å². The first kappa shape index (κ1) is 27.4. The molecule has 204 valence electrons. The van der Waals surface area contributed by atoms with Crippen LogP contribution in [0, 0.1) is 11.3 Å². The average Bonchev–Trinajstić information content (AvgIpc) is 3.46. The number of para-hydroxylation sites is 1. The highest BCUT2D eigenvalue weighted by Crippen LogP contribution is 2.39. The van der Waals surface area contributed by atoms with Gasteiger partial charge in [0.05, 0.1) is 12.8 Å². The minimum Gasteiger partial charge on any atom is -0.376 e. The van der Waals surface area contributed by atoms with Crippen LogP contribution in [0.4, 0.5) is 5.69 Å². The van der Waals surface area contributed by atoms with Gasteiger partial charge in [-0.3, -0.25) is 14.4 Å². The second-order valence-corrected chi connectivity index (χ2v) is 12.3. The fraction of sp³-hybridized carbons (Fsp3) is 0.690. The van der Waals surface area contributed by atoms with Crippen molar-refractivity contribution in [2.75, 3.05) is 44.4 Å². The number of ether oxygens (including phenoxy) is 1. The lowest BCUT2D eigenvalue weighted by atomic mass is 9.83. The predicted octanol–water partition coefficient (Wildman–Crippen LogP) is 3.41. The Kier molecular flexibility index (Phi) is 8.46. The molecule has 8 nitrogen and oxygen atoms in total. The molecule has 2 unspecified atom stereocenters. The van der Waals surface area contributed by atoms with Gasteiger partial charge in [-0.1, -0.05) is 45.9 Å². The molecule has 1 aromatic carbocycles. The Morgan fingerprint density at radius 1 is 1.16 bits per heavy atom. The van der Waals surface area contributed by atoms with E-state index in [1.165, 1.54) is 0 Å². The van der Waals surface area contributed by atoms with Crippen molar-refractivity contribution in [2.45, 2.75) is 77.9 Å². The number of nitrogens with zero attached hydrogens (tertiary/aromatic N) is 3. The fourth-order valence-electron chi connectivity index (χ4n) is 6.26. The summed E-state index contributed by atoms with van der Waals surface area (Å²) in [6.07, 6.45) is 4.71. The molecule has 0 saturated carbocycles. The summed E-state index contributed by atoms with van der Waals surface area (Å²) in [7, 11) is 0. The van der Waals surface area contributed by atoms with E-state index >= 15 is 0 Å². The number of benzene rings is 1. The normalized spacial score (nSPS) is 22.5. The van der Waals surface area contributed by atoms with Gasteiger partial charge in [-0.15, -0.1) is 0 Å². The lowest BCUT2D eigenvalue weighted by Crippen LogP contribution is -2.57. The number of amides is 3. The molecule has 3 aliphatic heterocycles. The standard InChI is InChI=1S/C29H44N4O4/c1-22(18-28(2,3)4)17-26(35)31-14-12-29(13-15-31)27(36)32(21-33(29)23-9-6-5-7-10-23)20-25(34)30-19-24-11-8-16-37-24/h5-7,9-10,22,24H,8,11-21H2,1-4H3,(H,30,34). The van der Waals surface area contributed by atoms with Gasteiger partial charge in [0.2, 0.25) is 11.8 Å². The van der Waals surface area contributed by atoms with Crippen LogP contribution in [0.2, 0.25) is 0 Å². The Labute approximate surface area is 221 Å². The summed E-state index contributed by atoms with van der Waals surface area (Å²) in [5.74, 6) is 0.320. The van der Waals surface area contributed by atoms with Gasteiger partial charge >= 0.3 is 0 Å². The summed E-state index contributed by atoms with van der Waals surface area (Å²) in [6.45, 7) is 11.5. The molecular weight excluding hydrogens is 468 g/mol. The summed E-state index contributed by atoms with van der Waals surface area (Å²) < 4.78 is 5.60. The van der Waals surface area contributed by atoms with Crippen LogP contribution in [0.3, 0.4) is 0 Å². The van der Waals surface area contributed by atoms with Crippen LogP contribution in [0.5, 0.6) is 0 Å². The lowest BCUT2D eigenvalue weighted by molar-refractivity contribution is -0.140. The maximum atomic E-state index is 13.8. The van der Waals surface area contributed by atoms with Gasteiger partial charge in [0, 0.05) is 38.3 Å². The molecule has 1 spiro atoms. The molecule has 37 heavy (non-hydrogen) atoms. The van der Waals surface area contributed by atoms with Gasteiger partial charge in [-0.05, 0) is 55.6 Å². The Morgan fingerprint density at radius 3 is 2.49 bits per heavy atom. The van der Waals surface area contributed by atoms with E-state index in [0.29, 0.717) is 51.5 Å². The van der Waals surface area contributed by atoms with Crippen molar-refractivity contribution in [1.82, 2.24) is 15.1 Å². The molecule has 1 N–H and O–H groups in total. The fourth-order valence-corrected chi connectivity index (χ4v) is 6.26. The van der Waals surface area contributed by atoms with Crippen LogP contribution in [0.1, 0.15) is 66.2 Å². The molecule has 0 aliphatic carbocycles. The number of carbonyl (C=O) groups is 3. The third-order valence-electron chi connectivity index (χ3n) is 7.89. The number of rotatable bonds is 8. The van der Waals surface area contributed by atoms with E-state index < -0.39 is 5.54 Å². The number of anilines is 1. The summed E-state index contributed by atoms with van der Waals surface area (Å²) in [4.78, 5) is 45.4. The summed E-state index contributed by atoms with van der Waals surface area (Å²) in [5.41, 5.74) is 0.429. The zero-order valence-electron chi connectivity index (χ0n) is 23.0. The molecule has 0 radical (unpaired) electrons. The van der Waals surface area contributed by atoms with E-state index in [0.717, 1.165) is 31.6 Å². The largest absolute Gasteiger partial charge is 0.376 e. The Balaban J connectivity index is 1.41. The van der Waals surface area contributed by atoms with Crippen LogP contribution in [0.25, 0.3) is 0 Å². The van der Waals surface area contributed by atoms with Crippen molar-refractivity contribution in [2.24, 2.45) is 11.3 Å². The summed E-state index contributed by atoms with van der Waals surface area (Å²) >= 11 is 0. The second-order valence-electron chi connectivity index (χ2n) is 12.3. The van der Waals surface area contributed by atoms with Crippen LogP contribution in [0.15, 0.2) is 30.3 Å². The topological polar surface area (TPSA) is 82.2 Å². The third kappa shape index (κ3) is 6.64. The third-order valence-corrected chi connectivity index (χ3v) is 7.89. The van der Waals surface area contributed by atoms with Gasteiger partial charge in [-0.2, -0.15) is 0 Å². The zero-order chi connectivity index (χ0) is 26.6. The molecular formula is C29H44N4O4. The van der Waals surface area contributed by atoms with Crippen LogP contribution < -0.4 is 10.2 Å². The molecule has 3 saturated heterocycles. The minimum absolute atomic E-state index is 0.0168. The minimum atomic E-state index is -0.732. The maximum absolute atomic E-state index is 13.8. The first-order chi connectivity index (χ1) is 17.6. The van der Waals surface area contributed by atoms with E-state index in [2.05, 4.69) is 37.9 Å². The first-order valence-electron chi connectivity index (χ1n) is 13.9. The van der Waals surface area contributed by atoms with Crippen molar-refractivity contribution in [3.63, 3.8) is 0 Å². The Hall–Kier alpha value is -2.61. The van der Waals surface area contributed by atoms with Crippen LogP contribution in [-0.2, 0) is 19.1 Å². The van der Waals surface area contributed by atoms with Crippen molar-refractivity contribution in [3.8, 4) is 0 Å². The monoisotopic (exact) mass is 512 g/mol. The highest BCUT2D eigenvalue weighted by atomic mass is 16.5. The number of carbonyl (C=O) groups excluding carboxylic acids is 3. The van der Waals surface area contributed by atoms with Crippen molar-refractivity contribution in [1.29, 1.82) is 0 Å². The Bertz CT molecular complexity index is 946. The van der Waals surface area contributed by atoms with Gasteiger partial charge in [-0.25, -0.2) is 0 Å². The van der Waals surface area contributed by atoms with Crippen LogP contribution in [-0.4, -0.2) is 78.6 Å². The van der Waals surface area contributed by atoms with Crippen molar-refractivity contribution < 1.29 is 19.1 Å². The predicted molar refractivity (Wildman–Crippen MR) is 144 cm³/mol. The molecule has 4 rings (SSSR count). The molecule has 2 atom stereocenters. The number of likely N-dealkylation sites (tertiary alicyclic amines) is 1. The smallest absolute Gasteiger partial charge is 0.250 e. The van der Waals surface area contributed by atoms with Gasteiger partial charge in [0.1, 0.15) is 12.1 Å². The lowest BCUT2D eigenvalue weighted by Gasteiger charge is -2.43. The van der Waals surface area contributed by atoms with Gasteiger partial charge in [0.25, 0.3) is 5.91 Å². The summed E-state index contributed by atoms with van der Waals surface area (Å²) in [5, 5.41) is 2.94.